The molecule has 0 saturated heterocycles. The van der Waals surface area contributed by atoms with Crippen molar-refractivity contribution in [2.24, 2.45) is 0 Å². The molecule has 0 bridgehead atoms. The van der Waals surface area contributed by atoms with Crippen LogP contribution in [0.3, 0.4) is 0 Å². The molecule has 1 N–H and O–H groups in total. The van der Waals surface area contributed by atoms with E-state index in [1.165, 1.54) is 13.4 Å². The van der Waals surface area contributed by atoms with Gasteiger partial charge in [0.15, 0.2) is 0 Å². The molecular weight excluding hydrogens is 244 g/mol. The summed E-state index contributed by atoms with van der Waals surface area (Å²) in [6.07, 6.45) is 4.55. The van der Waals surface area contributed by atoms with Crippen LogP contribution in [0.5, 0.6) is 5.88 Å². The monoisotopic (exact) mass is 264 g/mol. The molecule has 0 aromatic carbocycles. The van der Waals surface area contributed by atoms with Crippen molar-refractivity contribution in [3.8, 4) is 5.88 Å². The lowest BCUT2D eigenvalue weighted by molar-refractivity contribution is -0.143. The molecule has 0 radical (unpaired) electrons. The fourth-order valence-corrected chi connectivity index (χ4v) is 2.97. The summed E-state index contributed by atoms with van der Waals surface area (Å²) in [6.45, 7) is 4.02. The lowest BCUT2D eigenvalue weighted by atomic mass is 9.77. The molecule has 1 aromatic heterocycles. The Kier molecular flexibility index (Phi) is 3.73. The maximum absolute atomic E-state index is 11.9. The third-order valence-electron chi connectivity index (χ3n) is 3.93. The summed E-state index contributed by atoms with van der Waals surface area (Å²) in [4.78, 5) is 20.3. The first-order chi connectivity index (χ1) is 9.03. The van der Waals surface area contributed by atoms with E-state index >= 15 is 0 Å². The first-order valence-electron chi connectivity index (χ1n) is 6.65. The predicted molar refractivity (Wildman–Crippen MR) is 70.5 cm³/mol. The Hall–Kier alpha value is -1.65. The Morgan fingerprint density at radius 3 is 2.47 bits per heavy atom. The molecule has 5 heteroatoms. The molecule has 1 aromatic rings. The maximum atomic E-state index is 11.9. The van der Waals surface area contributed by atoms with Gasteiger partial charge in [-0.05, 0) is 18.8 Å². The number of nitrogens with zero attached hydrogens (tertiary/aromatic N) is 2. The van der Waals surface area contributed by atoms with Crippen molar-refractivity contribution in [2.45, 2.75) is 50.9 Å². The zero-order valence-electron chi connectivity index (χ0n) is 11.6. The summed E-state index contributed by atoms with van der Waals surface area (Å²) in [5.41, 5.74) is 0.584. The highest BCUT2D eigenvalue weighted by Gasteiger charge is 2.47. The van der Waals surface area contributed by atoms with Gasteiger partial charge in [0.05, 0.1) is 23.8 Å². The number of ether oxygens (including phenoxy) is 1. The van der Waals surface area contributed by atoms with Crippen molar-refractivity contribution >= 4 is 5.97 Å². The van der Waals surface area contributed by atoms with Crippen LogP contribution in [0.1, 0.15) is 56.7 Å². The molecule has 0 atom stereocenters. The Bertz CT molecular complexity index is 480. The molecule has 0 aliphatic heterocycles. The van der Waals surface area contributed by atoms with Gasteiger partial charge in [-0.15, -0.1) is 0 Å². The van der Waals surface area contributed by atoms with Crippen molar-refractivity contribution in [1.29, 1.82) is 0 Å². The van der Waals surface area contributed by atoms with Gasteiger partial charge in [0, 0.05) is 0 Å². The second-order valence-electron chi connectivity index (χ2n) is 5.39. The average molecular weight is 264 g/mol. The highest BCUT2D eigenvalue weighted by Crippen LogP contribution is 2.46. The Morgan fingerprint density at radius 2 is 2.00 bits per heavy atom. The quantitative estimate of drug-likeness (QED) is 0.904. The van der Waals surface area contributed by atoms with Crippen LogP contribution in [0.2, 0.25) is 0 Å². The topological polar surface area (TPSA) is 72.3 Å². The van der Waals surface area contributed by atoms with Crippen LogP contribution in [0.4, 0.5) is 0 Å². The van der Waals surface area contributed by atoms with Crippen LogP contribution in [0.25, 0.3) is 0 Å². The average Bonchev–Trinajstić information content (AvgIpc) is 2.88. The molecule has 1 saturated carbocycles. The van der Waals surface area contributed by atoms with E-state index in [4.69, 9.17) is 4.74 Å². The third-order valence-corrected chi connectivity index (χ3v) is 3.93. The molecule has 19 heavy (non-hydrogen) atoms. The number of carboxylic acids is 1. The molecule has 0 spiro atoms. The maximum Gasteiger partial charge on any atom is 0.314 e. The second-order valence-corrected chi connectivity index (χ2v) is 5.39. The summed E-state index contributed by atoms with van der Waals surface area (Å²) in [5.74, 6) is -0.244. The van der Waals surface area contributed by atoms with Crippen LogP contribution in [0, 0.1) is 0 Å². The molecule has 2 rings (SSSR count). The second kappa shape index (κ2) is 5.15. The van der Waals surface area contributed by atoms with E-state index in [2.05, 4.69) is 9.97 Å². The van der Waals surface area contributed by atoms with E-state index in [0.717, 1.165) is 18.5 Å². The number of rotatable bonds is 4. The van der Waals surface area contributed by atoms with E-state index in [0.29, 0.717) is 24.3 Å². The summed E-state index contributed by atoms with van der Waals surface area (Å²) in [7, 11) is 1.53. The zero-order valence-corrected chi connectivity index (χ0v) is 11.6. The van der Waals surface area contributed by atoms with Gasteiger partial charge >= 0.3 is 5.97 Å². The fourth-order valence-electron chi connectivity index (χ4n) is 2.97. The highest BCUT2D eigenvalue weighted by molar-refractivity contribution is 5.83. The Balaban J connectivity index is 2.67. The highest BCUT2D eigenvalue weighted by atomic mass is 16.5. The number of carboxylic acid groups (broad SMARTS) is 1. The summed E-state index contributed by atoms with van der Waals surface area (Å²) in [6, 6.07) is 0. The molecule has 5 nitrogen and oxygen atoms in total. The first-order valence-corrected chi connectivity index (χ1v) is 6.65. The van der Waals surface area contributed by atoms with Gasteiger partial charge in [0.2, 0.25) is 5.88 Å². The van der Waals surface area contributed by atoms with Crippen LogP contribution in [0.15, 0.2) is 6.33 Å². The first kappa shape index (κ1) is 13.8. The molecule has 0 unspecified atom stereocenters. The summed E-state index contributed by atoms with van der Waals surface area (Å²) < 4.78 is 5.31. The molecule has 1 aliphatic carbocycles. The van der Waals surface area contributed by atoms with Crippen LogP contribution in [-0.4, -0.2) is 28.2 Å². The smallest absolute Gasteiger partial charge is 0.314 e. The minimum Gasteiger partial charge on any atom is -0.481 e. The number of methoxy groups -OCH3 is 1. The van der Waals surface area contributed by atoms with E-state index in [-0.39, 0.29) is 5.92 Å². The molecule has 1 aliphatic rings. The van der Waals surface area contributed by atoms with Gasteiger partial charge in [0.25, 0.3) is 0 Å². The number of carbonyl (C=O) groups is 1. The van der Waals surface area contributed by atoms with Gasteiger partial charge in [-0.3, -0.25) is 4.79 Å². The molecule has 0 amide bonds. The van der Waals surface area contributed by atoms with Crippen molar-refractivity contribution in [1.82, 2.24) is 9.97 Å². The number of aromatic nitrogens is 2. The molecule has 104 valence electrons. The zero-order chi connectivity index (χ0) is 14.0. The third kappa shape index (κ3) is 2.17. The minimum absolute atomic E-state index is 0.142. The van der Waals surface area contributed by atoms with Gasteiger partial charge in [0.1, 0.15) is 6.33 Å². The van der Waals surface area contributed by atoms with Crippen molar-refractivity contribution in [3.63, 3.8) is 0 Å². The molecular formula is C14H20N2O3. The van der Waals surface area contributed by atoms with Crippen LogP contribution >= 0.6 is 0 Å². The Morgan fingerprint density at radius 1 is 1.37 bits per heavy atom. The lowest BCUT2D eigenvalue weighted by Gasteiger charge is -2.28. The van der Waals surface area contributed by atoms with Crippen LogP contribution in [-0.2, 0) is 10.2 Å². The van der Waals surface area contributed by atoms with E-state index < -0.39 is 11.4 Å². The Labute approximate surface area is 113 Å². The summed E-state index contributed by atoms with van der Waals surface area (Å²) >= 11 is 0. The largest absolute Gasteiger partial charge is 0.481 e. The van der Waals surface area contributed by atoms with Crippen molar-refractivity contribution in [3.05, 3.63) is 17.6 Å². The van der Waals surface area contributed by atoms with E-state index in [1.54, 1.807) is 0 Å². The molecule has 1 heterocycles. The van der Waals surface area contributed by atoms with Gasteiger partial charge < -0.3 is 9.84 Å². The molecule has 1 fully saturated rings. The minimum atomic E-state index is -0.883. The van der Waals surface area contributed by atoms with Crippen molar-refractivity contribution in [2.75, 3.05) is 7.11 Å². The number of aliphatic carboxylic acids is 1. The van der Waals surface area contributed by atoms with E-state index in [1.807, 2.05) is 13.8 Å². The predicted octanol–water partition coefficient (Wildman–Crippen LogP) is 2.51. The van der Waals surface area contributed by atoms with Gasteiger partial charge in [-0.25, -0.2) is 9.97 Å². The van der Waals surface area contributed by atoms with E-state index in [9.17, 15) is 9.90 Å². The fraction of sp³-hybridized carbons (Fsp3) is 0.643. The van der Waals surface area contributed by atoms with Gasteiger partial charge in [-0.1, -0.05) is 26.7 Å². The lowest BCUT2D eigenvalue weighted by Crippen LogP contribution is -2.35. The number of hydrogen-bond donors (Lipinski definition) is 1. The number of hydrogen-bond acceptors (Lipinski definition) is 4. The summed E-state index contributed by atoms with van der Waals surface area (Å²) in [5, 5.41) is 9.73. The van der Waals surface area contributed by atoms with Crippen molar-refractivity contribution < 1.29 is 14.6 Å². The van der Waals surface area contributed by atoms with Crippen LogP contribution < -0.4 is 4.74 Å². The SMILES string of the molecule is COc1ncnc(C(C)C)c1C1(C(=O)O)CCCC1. The normalized spacial score (nSPS) is 17.7. The van der Waals surface area contributed by atoms with Gasteiger partial charge in [-0.2, -0.15) is 0 Å². The standard InChI is InChI=1S/C14H20N2O3/c1-9(2)11-10(12(19-3)16-8-15-11)14(13(17)18)6-4-5-7-14/h8-9H,4-7H2,1-3H3,(H,17,18).